The van der Waals surface area contributed by atoms with E-state index in [9.17, 15) is 41.7 Å². The quantitative estimate of drug-likeness (QED) is 0.283. The molecule has 9 heteroatoms. The Morgan fingerprint density at radius 3 is 2.33 bits per heavy atom. The van der Waals surface area contributed by atoms with Crippen LogP contribution >= 0.6 is 0 Å². The van der Waals surface area contributed by atoms with Gasteiger partial charge in [-0.2, -0.15) is 26.3 Å². The topological polar surface area (TPSA) is 60.7 Å². The molecule has 6 atom stereocenters. The second kappa shape index (κ2) is 10.3. The van der Waals surface area contributed by atoms with E-state index in [0.29, 0.717) is 12.0 Å². The minimum Gasteiger partial charge on any atom is -0.393 e. The zero-order valence-electron chi connectivity index (χ0n) is 20.7. The van der Waals surface area contributed by atoms with Crippen LogP contribution in [0.25, 0.3) is 0 Å². The van der Waals surface area contributed by atoms with Crippen molar-refractivity contribution < 1.29 is 41.7 Å². The van der Waals surface area contributed by atoms with Gasteiger partial charge in [0, 0.05) is 12.8 Å². The standard InChI is InChI=1S/C27H36F6O3/c1-16(6-4-13-25(36,26(28,29)30)27(31,32)33)21-10-11-22-18(7-5-12-24(21,22)3)8-9-19-14-20(34)15-23(35)17(19)2/h4,6,8-9,16,20-23,34-36H,2,5,7,10-15H2,1,3H3/b6-4+,18-8+,19-9-/t16-,20+,21+,22-,23-,24+/m0/s1. The summed E-state index contributed by atoms with van der Waals surface area (Å²) in [4.78, 5) is 0. The highest BCUT2D eigenvalue weighted by atomic mass is 19.4. The molecule has 0 spiro atoms. The van der Waals surface area contributed by atoms with E-state index in [0.717, 1.165) is 43.8 Å². The van der Waals surface area contributed by atoms with E-state index < -0.39 is 36.6 Å². The molecular weight excluding hydrogens is 486 g/mol. The highest BCUT2D eigenvalue weighted by molar-refractivity contribution is 5.38. The summed E-state index contributed by atoms with van der Waals surface area (Å²) >= 11 is 0. The van der Waals surface area contributed by atoms with Gasteiger partial charge in [0.2, 0.25) is 0 Å². The molecule has 3 saturated carbocycles. The summed E-state index contributed by atoms with van der Waals surface area (Å²) in [5.41, 5.74) is -2.26. The number of aliphatic hydroxyl groups excluding tert-OH is 2. The molecule has 204 valence electrons. The number of rotatable bonds is 5. The predicted octanol–water partition coefficient (Wildman–Crippen LogP) is 6.57. The first-order valence-corrected chi connectivity index (χ1v) is 12.5. The molecular formula is C27H36F6O3. The van der Waals surface area contributed by atoms with Gasteiger partial charge in [0.1, 0.15) is 0 Å². The Morgan fingerprint density at radius 2 is 1.72 bits per heavy atom. The van der Waals surface area contributed by atoms with E-state index in [2.05, 4.69) is 13.5 Å². The highest BCUT2D eigenvalue weighted by Gasteiger charge is 2.69. The molecule has 3 N–H and O–H groups in total. The van der Waals surface area contributed by atoms with Crippen molar-refractivity contribution in [2.45, 2.75) is 95.4 Å². The molecule has 0 aliphatic heterocycles. The molecule has 3 aliphatic rings. The molecule has 0 bridgehead atoms. The third-order valence-electron chi connectivity index (χ3n) is 8.73. The molecule has 36 heavy (non-hydrogen) atoms. The summed E-state index contributed by atoms with van der Waals surface area (Å²) < 4.78 is 77.9. The van der Waals surface area contributed by atoms with Crippen LogP contribution in [0.4, 0.5) is 26.3 Å². The van der Waals surface area contributed by atoms with Crippen molar-refractivity contribution in [2.24, 2.45) is 23.2 Å². The fourth-order valence-corrected chi connectivity index (χ4v) is 6.59. The van der Waals surface area contributed by atoms with Crippen LogP contribution < -0.4 is 0 Å². The van der Waals surface area contributed by atoms with E-state index in [1.54, 1.807) is 0 Å². The van der Waals surface area contributed by atoms with Crippen molar-refractivity contribution in [3.05, 3.63) is 47.6 Å². The Morgan fingerprint density at radius 1 is 1.08 bits per heavy atom. The third kappa shape index (κ3) is 5.48. The lowest BCUT2D eigenvalue weighted by molar-refractivity contribution is -0.366. The van der Waals surface area contributed by atoms with E-state index in [4.69, 9.17) is 0 Å². The maximum atomic E-state index is 13.0. The number of hydrogen-bond donors (Lipinski definition) is 3. The Hall–Kier alpha value is -1.58. The van der Waals surface area contributed by atoms with Crippen LogP contribution in [-0.2, 0) is 0 Å². The summed E-state index contributed by atoms with van der Waals surface area (Å²) in [6, 6.07) is 0. The first-order chi connectivity index (χ1) is 16.5. The SMILES string of the molecule is C=C1/C(=C\C=C2/CCC[C@]3(C)[C@@H]([C@@H](C)/C=C/CC(O)(C(F)(F)F)C(F)(F)F)CC[C@@H]23)C[C@@H](O)C[C@@H]1O. The molecule has 3 fully saturated rings. The van der Waals surface area contributed by atoms with Crippen molar-refractivity contribution in [1.82, 2.24) is 0 Å². The van der Waals surface area contributed by atoms with Gasteiger partial charge in [-0.15, -0.1) is 0 Å². The molecule has 0 aromatic heterocycles. The van der Waals surface area contributed by atoms with Gasteiger partial charge in [0.25, 0.3) is 5.60 Å². The summed E-state index contributed by atoms with van der Waals surface area (Å²) in [7, 11) is 0. The van der Waals surface area contributed by atoms with Gasteiger partial charge in [-0.25, -0.2) is 0 Å². The smallest absolute Gasteiger partial charge is 0.393 e. The van der Waals surface area contributed by atoms with Crippen LogP contribution in [-0.4, -0.2) is 45.5 Å². The number of aliphatic hydroxyl groups is 3. The van der Waals surface area contributed by atoms with Gasteiger partial charge in [-0.1, -0.05) is 50.3 Å². The lowest BCUT2D eigenvalue weighted by Gasteiger charge is -2.44. The van der Waals surface area contributed by atoms with Crippen molar-refractivity contribution in [3.63, 3.8) is 0 Å². The lowest BCUT2D eigenvalue weighted by atomic mass is 9.61. The minimum atomic E-state index is -5.82. The van der Waals surface area contributed by atoms with Gasteiger partial charge < -0.3 is 15.3 Å². The van der Waals surface area contributed by atoms with Crippen LogP contribution in [0.15, 0.2) is 47.6 Å². The van der Waals surface area contributed by atoms with Gasteiger partial charge in [0.05, 0.1) is 12.2 Å². The van der Waals surface area contributed by atoms with Gasteiger partial charge >= 0.3 is 12.4 Å². The molecule has 0 unspecified atom stereocenters. The first-order valence-electron chi connectivity index (χ1n) is 12.5. The van der Waals surface area contributed by atoms with E-state index in [1.807, 2.05) is 19.1 Å². The van der Waals surface area contributed by atoms with Crippen molar-refractivity contribution in [3.8, 4) is 0 Å². The molecule has 3 nitrogen and oxygen atoms in total. The van der Waals surface area contributed by atoms with E-state index >= 15 is 0 Å². The molecule has 0 amide bonds. The molecule has 0 heterocycles. The Labute approximate surface area is 208 Å². The van der Waals surface area contributed by atoms with Crippen LogP contribution in [0.1, 0.15) is 65.2 Å². The summed E-state index contributed by atoms with van der Waals surface area (Å²) in [5.74, 6) is 0.0537. The Balaban J connectivity index is 1.75. The lowest BCUT2D eigenvalue weighted by Crippen LogP contribution is -2.56. The highest BCUT2D eigenvalue weighted by Crippen LogP contribution is 2.59. The maximum Gasteiger partial charge on any atom is 0.426 e. The molecule has 0 aromatic carbocycles. The zero-order chi connectivity index (χ0) is 27.1. The molecule has 3 aliphatic carbocycles. The van der Waals surface area contributed by atoms with Crippen molar-refractivity contribution in [2.75, 3.05) is 0 Å². The maximum absolute atomic E-state index is 13.0. The van der Waals surface area contributed by atoms with E-state index in [1.165, 1.54) is 11.6 Å². The Bertz CT molecular complexity index is 901. The normalized spacial score (nSPS) is 35.6. The summed E-state index contributed by atoms with van der Waals surface area (Å²) in [6.45, 7) is 7.90. The molecule has 0 saturated heterocycles. The second-order valence-electron chi connectivity index (χ2n) is 11.0. The van der Waals surface area contributed by atoms with Gasteiger partial charge in [-0.05, 0) is 72.8 Å². The number of halogens is 6. The fraction of sp³-hybridized carbons (Fsp3) is 0.704. The van der Waals surface area contributed by atoms with Crippen LogP contribution in [0, 0.1) is 23.2 Å². The van der Waals surface area contributed by atoms with E-state index in [-0.39, 0.29) is 29.6 Å². The molecule has 0 radical (unpaired) electrons. The molecule has 3 rings (SSSR count). The number of hydrogen-bond acceptors (Lipinski definition) is 3. The average molecular weight is 523 g/mol. The van der Waals surface area contributed by atoms with Crippen molar-refractivity contribution >= 4 is 0 Å². The first kappa shape index (κ1) is 29.0. The van der Waals surface area contributed by atoms with Gasteiger partial charge in [-0.3, -0.25) is 0 Å². The fourth-order valence-electron chi connectivity index (χ4n) is 6.59. The predicted molar refractivity (Wildman–Crippen MR) is 125 cm³/mol. The van der Waals surface area contributed by atoms with Gasteiger partial charge in [0.15, 0.2) is 0 Å². The number of alkyl halides is 6. The minimum absolute atomic E-state index is 0.0771. The van der Waals surface area contributed by atoms with Crippen LogP contribution in [0.3, 0.4) is 0 Å². The van der Waals surface area contributed by atoms with Crippen LogP contribution in [0.5, 0.6) is 0 Å². The summed E-state index contributed by atoms with van der Waals surface area (Å²) in [6.07, 6.45) is -3.36. The zero-order valence-corrected chi connectivity index (χ0v) is 20.7. The largest absolute Gasteiger partial charge is 0.426 e. The monoisotopic (exact) mass is 522 g/mol. The summed E-state index contributed by atoms with van der Waals surface area (Å²) in [5, 5.41) is 29.5. The third-order valence-corrected chi connectivity index (χ3v) is 8.73. The number of allylic oxidation sites excluding steroid dienone is 4. The Kier molecular flexibility index (Phi) is 8.29. The average Bonchev–Trinajstić information content (AvgIpc) is 3.11. The van der Waals surface area contributed by atoms with Crippen molar-refractivity contribution in [1.29, 1.82) is 0 Å². The van der Waals surface area contributed by atoms with Crippen LogP contribution in [0.2, 0.25) is 0 Å². The second-order valence-corrected chi connectivity index (χ2v) is 11.0. The molecule has 0 aromatic rings. The number of fused-ring (bicyclic) bond motifs is 1.